The van der Waals surface area contributed by atoms with Crippen LogP contribution in [-0.2, 0) is 10.2 Å². The molecule has 1 aliphatic carbocycles. The fourth-order valence-corrected chi connectivity index (χ4v) is 3.06. The van der Waals surface area contributed by atoms with Gasteiger partial charge in [0.05, 0.1) is 6.42 Å². The highest BCUT2D eigenvalue weighted by Gasteiger charge is 2.47. The number of H-pyrrole nitrogens is 1. The average Bonchev–Trinajstić information content (AvgIpc) is 2.92. The number of carboxylic acids is 1. The first kappa shape index (κ1) is 11.6. The van der Waals surface area contributed by atoms with Gasteiger partial charge in [0.2, 0.25) is 0 Å². The third-order valence-corrected chi connectivity index (χ3v) is 4.07. The molecule has 1 heterocycles. The number of halogens is 1. The van der Waals surface area contributed by atoms with Crippen LogP contribution in [0, 0.1) is 6.92 Å². The van der Waals surface area contributed by atoms with E-state index in [1.165, 1.54) is 0 Å². The highest BCUT2D eigenvalue weighted by molar-refractivity contribution is 6.32. The zero-order valence-corrected chi connectivity index (χ0v) is 10.8. The van der Waals surface area contributed by atoms with Crippen LogP contribution in [0.5, 0.6) is 0 Å². The van der Waals surface area contributed by atoms with Gasteiger partial charge >= 0.3 is 5.97 Å². The van der Waals surface area contributed by atoms with Crippen LogP contribution in [0.1, 0.15) is 30.5 Å². The molecule has 3 rings (SSSR count). The SMILES string of the molecule is Cc1cc2cc(Cl)c(C3(CC(=O)O)CC3)cc2[nH]1. The van der Waals surface area contributed by atoms with Crippen LogP contribution in [0.15, 0.2) is 18.2 Å². The number of aryl methyl sites for hydroxylation is 1. The maximum atomic E-state index is 11.0. The van der Waals surface area contributed by atoms with E-state index in [0.29, 0.717) is 5.02 Å². The van der Waals surface area contributed by atoms with Crippen molar-refractivity contribution in [3.8, 4) is 0 Å². The molecular formula is C14H14ClNO2. The van der Waals surface area contributed by atoms with Crippen molar-refractivity contribution in [2.45, 2.75) is 31.6 Å². The second-order valence-corrected chi connectivity index (χ2v) is 5.63. The number of fused-ring (bicyclic) bond motifs is 1. The number of aromatic amines is 1. The molecule has 2 N–H and O–H groups in total. The van der Waals surface area contributed by atoms with Crippen molar-refractivity contribution >= 4 is 28.5 Å². The van der Waals surface area contributed by atoms with Crippen LogP contribution < -0.4 is 0 Å². The third-order valence-electron chi connectivity index (χ3n) is 3.76. The topological polar surface area (TPSA) is 53.1 Å². The van der Waals surface area contributed by atoms with Gasteiger partial charge in [-0.2, -0.15) is 0 Å². The minimum absolute atomic E-state index is 0.165. The number of aliphatic carboxylic acids is 1. The lowest BCUT2D eigenvalue weighted by Gasteiger charge is -2.15. The summed E-state index contributed by atoms with van der Waals surface area (Å²) in [5, 5.41) is 10.8. The van der Waals surface area contributed by atoms with E-state index in [4.69, 9.17) is 16.7 Å². The molecule has 0 saturated heterocycles. The number of rotatable bonds is 3. The van der Waals surface area contributed by atoms with Gasteiger partial charge in [0.25, 0.3) is 0 Å². The summed E-state index contributed by atoms with van der Waals surface area (Å²) in [6.45, 7) is 2.00. The number of hydrogen-bond acceptors (Lipinski definition) is 1. The van der Waals surface area contributed by atoms with Gasteiger partial charge in [0.1, 0.15) is 0 Å². The first-order valence-electron chi connectivity index (χ1n) is 6.01. The number of hydrogen-bond donors (Lipinski definition) is 2. The number of benzene rings is 1. The first-order chi connectivity index (χ1) is 8.50. The summed E-state index contributed by atoms with van der Waals surface area (Å²) in [6.07, 6.45) is 1.98. The second kappa shape index (κ2) is 3.75. The number of carboxylic acid groups (broad SMARTS) is 1. The van der Waals surface area contributed by atoms with Crippen LogP contribution in [0.25, 0.3) is 10.9 Å². The van der Waals surface area contributed by atoms with Crippen molar-refractivity contribution in [3.05, 3.63) is 34.5 Å². The van der Waals surface area contributed by atoms with E-state index in [1.54, 1.807) is 0 Å². The second-order valence-electron chi connectivity index (χ2n) is 5.22. The standard InChI is InChI=1S/C14H14ClNO2/c1-8-4-9-5-11(15)10(6-12(9)16-8)14(2-3-14)7-13(17)18/h4-6,16H,2-3,7H2,1H3,(H,17,18). The molecule has 94 valence electrons. The molecule has 3 nitrogen and oxygen atoms in total. The summed E-state index contributed by atoms with van der Waals surface area (Å²) < 4.78 is 0. The summed E-state index contributed by atoms with van der Waals surface area (Å²) in [5.41, 5.74) is 2.85. The van der Waals surface area contributed by atoms with Crippen molar-refractivity contribution in [1.29, 1.82) is 0 Å². The lowest BCUT2D eigenvalue weighted by Crippen LogP contribution is -2.13. The van der Waals surface area contributed by atoms with E-state index in [1.807, 2.05) is 25.1 Å². The van der Waals surface area contributed by atoms with E-state index in [-0.39, 0.29) is 11.8 Å². The molecule has 2 aromatic rings. The van der Waals surface area contributed by atoms with Gasteiger partial charge in [-0.05, 0) is 43.5 Å². The van der Waals surface area contributed by atoms with Crippen LogP contribution in [0.3, 0.4) is 0 Å². The monoisotopic (exact) mass is 263 g/mol. The normalized spacial score (nSPS) is 17.0. The van der Waals surface area contributed by atoms with Crippen LogP contribution in [-0.4, -0.2) is 16.1 Å². The maximum absolute atomic E-state index is 11.0. The molecule has 18 heavy (non-hydrogen) atoms. The summed E-state index contributed by atoms with van der Waals surface area (Å²) >= 11 is 6.31. The van der Waals surface area contributed by atoms with Gasteiger partial charge in [-0.25, -0.2) is 0 Å². The Morgan fingerprint density at radius 2 is 2.17 bits per heavy atom. The minimum Gasteiger partial charge on any atom is -0.481 e. The smallest absolute Gasteiger partial charge is 0.304 e. The fourth-order valence-electron chi connectivity index (χ4n) is 2.69. The molecule has 0 bridgehead atoms. The number of aromatic nitrogens is 1. The molecule has 1 aliphatic rings. The predicted octanol–water partition coefficient (Wildman–Crippen LogP) is 3.64. The van der Waals surface area contributed by atoms with Crippen molar-refractivity contribution < 1.29 is 9.90 Å². The van der Waals surface area contributed by atoms with Gasteiger partial charge in [0, 0.05) is 27.0 Å². The maximum Gasteiger partial charge on any atom is 0.304 e. The third kappa shape index (κ3) is 1.79. The highest BCUT2D eigenvalue weighted by Crippen LogP contribution is 2.53. The Labute approximate surface area is 110 Å². The number of nitrogens with one attached hydrogen (secondary N) is 1. The van der Waals surface area contributed by atoms with Crippen LogP contribution >= 0.6 is 11.6 Å². The summed E-state index contributed by atoms with van der Waals surface area (Å²) in [6, 6.07) is 5.99. The Kier molecular flexibility index (Phi) is 2.42. The zero-order chi connectivity index (χ0) is 12.9. The van der Waals surface area contributed by atoms with Gasteiger partial charge in [-0.3, -0.25) is 4.79 Å². The minimum atomic E-state index is -0.758. The van der Waals surface area contributed by atoms with Crippen molar-refractivity contribution in [2.75, 3.05) is 0 Å². The Morgan fingerprint density at radius 3 is 2.78 bits per heavy atom. The molecule has 0 amide bonds. The van der Waals surface area contributed by atoms with E-state index in [2.05, 4.69) is 4.98 Å². The Bertz CT molecular complexity index is 641. The molecule has 1 saturated carbocycles. The zero-order valence-electron chi connectivity index (χ0n) is 10.1. The Hall–Kier alpha value is -1.48. The average molecular weight is 264 g/mol. The molecule has 0 atom stereocenters. The lowest BCUT2D eigenvalue weighted by atomic mass is 9.91. The molecule has 4 heteroatoms. The van der Waals surface area contributed by atoms with Crippen LogP contribution in [0.2, 0.25) is 5.02 Å². The first-order valence-corrected chi connectivity index (χ1v) is 6.39. The summed E-state index contributed by atoms with van der Waals surface area (Å²) in [7, 11) is 0. The van der Waals surface area contributed by atoms with Gasteiger partial charge in [0.15, 0.2) is 0 Å². The van der Waals surface area contributed by atoms with Crippen LogP contribution in [0.4, 0.5) is 0 Å². The Morgan fingerprint density at radius 1 is 1.44 bits per heavy atom. The summed E-state index contributed by atoms with van der Waals surface area (Å²) in [5.74, 6) is -0.758. The van der Waals surface area contributed by atoms with E-state index < -0.39 is 5.97 Å². The molecule has 0 unspecified atom stereocenters. The number of carbonyl (C=O) groups is 1. The largest absolute Gasteiger partial charge is 0.481 e. The Balaban J connectivity index is 2.11. The summed E-state index contributed by atoms with van der Waals surface area (Å²) in [4.78, 5) is 14.2. The predicted molar refractivity (Wildman–Crippen MR) is 71.2 cm³/mol. The molecule has 1 aromatic carbocycles. The molecule has 1 aromatic heterocycles. The lowest BCUT2D eigenvalue weighted by molar-refractivity contribution is -0.137. The molecule has 1 fully saturated rings. The van der Waals surface area contributed by atoms with Crippen molar-refractivity contribution in [3.63, 3.8) is 0 Å². The van der Waals surface area contributed by atoms with E-state index in [9.17, 15) is 4.79 Å². The van der Waals surface area contributed by atoms with Crippen molar-refractivity contribution in [1.82, 2.24) is 4.98 Å². The van der Waals surface area contributed by atoms with Crippen molar-refractivity contribution in [2.24, 2.45) is 0 Å². The fraction of sp³-hybridized carbons (Fsp3) is 0.357. The van der Waals surface area contributed by atoms with Gasteiger partial charge in [-0.1, -0.05) is 11.6 Å². The van der Waals surface area contributed by atoms with Gasteiger partial charge in [-0.15, -0.1) is 0 Å². The van der Waals surface area contributed by atoms with Gasteiger partial charge < -0.3 is 10.1 Å². The van der Waals surface area contributed by atoms with E-state index >= 15 is 0 Å². The quantitative estimate of drug-likeness (QED) is 0.888. The molecule has 0 radical (unpaired) electrons. The highest BCUT2D eigenvalue weighted by atomic mass is 35.5. The molecule has 0 aliphatic heterocycles. The molecule has 0 spiro atoms. The molecular weight excluding hydrogens is 250 g/mol. The van der Waals surface area contributed by atoms with E-state index in [0.717, 1.165) is 35.0 Å².